The van der Waals surface area contributed by atoms with Crippen LogP contribution >= 0.6 is 11.6 Å². The molecule has 1 aromatic carbocycles. The second-order valence-electron chi connectivity index (χ2n) is 6.93. The van der Waals surface area contributed by atoms with Crippen molar-refractivity contribution in [2.75, 3.05) is 40.9 Å². The van der Waals surface area contributed by atoms with Gasteiger partial charge in [0.25, 0.3) is 5.91 Å². The highest BCUT2D eigenvalue weighted by Gasteiger charge is 2.19. The van der Waals surface area contributed by atoms with E-state index in [1.807, 2.05) is 0 Å². The van der Waals surface area contributed by atoms with E-state index in [0.29, 0.717) is 34.7 Å². The summed E-state index contributed by atoms with van der Waals surface area (Å²) in [6.45, 7) is 1.21. The minimum absolute atomic E-state index is 0.0973. The van der Waals surface area contributed by atoms with Crippen molar-refractivity contribution in [1.29, 1.82) is 0 Å². The Morgan fingerprint density at radius 2 is 1.93 bits per heavy atom. The Morgan fingerprint density at radius 3 is 2.56 bits per heavy atom. The summed E-state index contributed by atoms with van der Waals surface area (Å²) >= 11 is 6.16. The first-order valence-corrected chi connectivity index (χ1v) is 9.70. The van der Waals surface area contributed by atoms with Gasteiger partial charge in [-0.2, -0.15) is 0 Å². The lowest BCUT2D eigenvalue weighted by Crippen LogP contribution is -2.41. The number of aliphatic hydroxyl groups is 1. The summed E-state index contributed by atoms with van der Waals surface area (Å²) in [5.74, 6) is 0.730. The first-order chi connectivity index (χ1) is 13.0. The van der Waals surface area contributed by atoms with Crippen molar-refractivity contribution in [2.45, 2.75) is 38.3 Å². The molecular weight excluding hydrogens is 368 g/mol. The summed E-state index contributed by atoms with van der Waals surface area (Å²) in [7, 11) is 5.41. The molecule has 0 aliphatic heterocycles. The van der Waals surface area contributed by atoms with E-state index in [0.717, 1.165) is 6.54 Å². The number of carbonyl (C=O) groups excluding carboxylic acids is 1. The number of hydrogen-bond acceptors (Lipinski definition) is 5. The van der Waals surface area contributed by atoms with Crippen LogP contribution in [-0.2, 0) is 11.4 Å². The van der Waals surface area contributed by atoms with Gasteiger partial charge < -0.3 is 24.4 Å². The molecule has 1 amide bonds. The van der Waals surface area contributed by atoms with Crippen molar-refractivity contribution in [3.8, 4) is 11.5 Å². The molecule has 151 valence electrons. The SMILES string of the molecule is COc1cc(OCC(=O)N(C)CCN(C)C2CC[CH]CC2)c(Cl)cc1CO. The van der Waals surface area contributed by atoms with Crippen LogP contribution in [0.1, 0.15) is 31.2 Å². The van der Waals surface area contributed by atoms with Crippen LogP contribution in [0, 0.1) is 6.42 Å². The molecule has 0 unspecified atom stereocenters. The number of benzene rings is 1. The molecule has 1 aliphatic rings. The maximum absolute atomic E-state index is 12.4. The van der Waals surface area contributed by atoms with Crippen molar-refractivity contribution in [2.24, 2.45) is 0 Å². The first kappa shape index (κ1) is 21.8. The van der Waals surface area contributed by atoms with Crippen LogP contribution in [-0.4, -0.2) is 67.8 Å². The van der Waals surface area contributed by atoms with Gasteiger partial charge in [-0.05, 0) is 45.2 Å². The molecule has 1 fully saturated rings. The zero-order chi connectivity index (χ0) is 19.8. The van der Waals surface area contributed by atoms with Gasteiger partial charge in [0, 0.05) is 37.8 Å². The normalized spacial score (nSPS) is 15.0. The van der Waals surface area contributed by atoms with Crippen LogP contribution in [0.25, 0.3) is 0 Å². The molecule has 0 bridgehead atoms. The Morgan fingerprint density at radius 1 is 1.22 bits per heavy atom. The summed E-state index contributed by atoms with van der Waals surface area (Å²) in [6.07, 6.45) is 7.10. The molecule has 27 heavy (non-hydrogen) atoms. The van der Waals surface area contributed by atoms with Crippen molar-refractivity contribution in [3.05, 3.63) is 29.1 Å². The number of halogens is 1. The minimum atomic E-state index is -0.183. The number of likely N-dealkylation sites (N-methyl/N-ethyl adjacent to an activating group) is 2. The van der Waals surface area contributed by atoms with Gasteiger partial charge in [0.2, 0.25) is 0 Å². The van der Waals surface area contributed by atoms with E-state index in [-0.39, 0.29) is 19.1 Å². The highest BCUT2D eigenvalue weighted by Crippen LogP contribution is 2.32. The van der Waals surface area contributed by atoms with Crippen molar-refractivity contribution >= 4 is 17.5 Å². The molecule has 0 aromatic heterocycles. The fourth-order valence-corrected chi connectivity index (χ4v) is 3.46. The number of methoxy groups -OCH3 is 1. The number of hydrogen-bond donors (Lipinski definition) is 1. The minimum Gasteiger partial charge on any atom is -0.496 e. The maximum Gasteiger partial charge on any atom is 0.260 e. The number of rotatable bonds is 9. The smallest absolute Gasteiger partial charge is 0.260 e. The highest BCUT2D eigenvalue weighted by atomic mass is 35.5. The third-order valence-corrected chi connectivity index (χ3v) is 5.40. The van der Waals surface area contributed by atoms with Gasteiger partial charge in [-0.25, -0.2) is 0 Å². The van der Waals surface area contributed by atoms with E-state index >= 15 is 0 Å². The number of amides is 1. The number of ether oxygens (including phenoxy) is 2. The average Bonchev–Trinajstić information content (AvgIpc) is 2.70. The predicted molar refractivity (Wildman–Crippen MR) is 106 cm³/mol. The van der Waals surface area contributed by atoms with Crippen molar-refractivity contribution in [3.63, 3.8) is 0 Å². The van der Waals surface area contributed by atoms with Crippen LogP contribution in [0.3, 0.4) is 0 Å². The van der Waals surface area contributed by atoms with Crippen molar-refractivity contribution < 1.29 is 19.4 Å². The highest BCUT2D eigenvalue weighted by molar-refractivity contribution is 6.32. The molecule has 7 heteroatoms. The Labute approximate surface area is 167 Å². The van der Waals surface area contributed by atoms with Gasteiger partial charge in [0.05, 0.1) is 18.7 Å². The van der Waals surface area contributed by atoms with E-state index < -0.39 is 0 Å². The Bertz CT molecular complexity index is 620. The van der Waals surface area contributed by atoms with Gasteiger partial charge in [-0.1, -0.05) is 11.6 Å². The molecular formula is C20H30ClN2O4. The third kappa shape index (κ3) is 6.26. The van der Waals surface area contributed by atoms with Gasteiger partial charge >= 0.3 is 0 Å². The monoisotopic (exact) mass is 397 g/mol. The Hall–Kier alpha value is -1.50. The maximum atomic E-state index is 12.4. The molecule has 1 aromatic rings. The van der Waals surface area contributed by atoms with Gasteiger partial charge in [0.15, 0.2) is 6.61 Å². The molecule has 0 atom stereocenters. The molecule has 0 spiro atoms. The average molecular weight is 398 g/mol. The number of aliphatic hydroxyl groups excluding tert-OH is 1. The molecule has 1 saturated carbocycles. The number of nitrogens with zero attached hydrogens (tertiary/aromatic N) is 2. The fourth-order valence-electron chi connectivity index (χ4n) is 3.21. The van der Waals surface area contributed by atoms with Gasteiger partial charge in [-0.15, -0.1) is 0 Å². The topological polar surface area (TPSA) is 62.2 Å². The molecule has 1 radical (unpaired) electrons. The summed E-state index contributed by atoms with van der Waals surface area (Å²) in [4.78, 5) is 16.4. The predicted octanol–water partition coefficient (Wildman–Crippen LogP) is 2.76. The van der Waals surface area contributed by atoms with E-state index in [1.54, 1.807) is 24.1 Å². The third-order valence-electron chi connectivity index (χ3n) is 5.10. The van der Waals surface area contributed by atoms with E-state index in [2.05, 4.69) is 18.4 Å². The number of carbonyl (C=O) groups is 1. The molecule has 1 aliphatic carbocycles. The lowest BCUT2D eigenvalue weighted by molar-refractivity contribution is -0.132. The Balaban J connectivity index is 1.82. The lowest BCUT2D eigenvalue weighted by atomic mass is 9.94. The lowest BCUT2D eigenvalue weighted by Gasteiger charge is -2.32. The van der Waals surface area contributed by atoms with Gasteiger partial charge in [-0.3, -0.25) is 4.79 Å². The second kappa shape index (κ2) is 10.7. The summed E-state index contributed by atoms with van der Waals surface area (Å²) in [5, 5.41) is 9.64. The summed E-state index contributed by atoms with van der Waals surface area (Å²) < 4.78 is 10.8. The molecule has 0 saturated heterocycles. The molecule has 2 rings (SSSR count). The molecule has 0 heterocycles. The Kier molecular flexibility index (Phi) is 8.67. The summed E-state index contributed by atoms with van der Waals surface area (Å²) in [6, 6.07) is 3.78. The van der Waals surface area contributed by atoms with Gasteiger partial charge in [0.1, 0.15) is 11.5 Å². The van der Waals surface area contributed by atoms with Crippen LogP contribution in [0.2, 0.25) is 5.02 Å². The summed E-state index contributed by atoms with van der Waals surface area (Å²) in [5.41, 5.74) is 0.571. The molecule has 1 N–H and O–H groups in total. The molecule has 6 nitrogen and oxygen atoms in total. The van der Waals surface area contributed by atoms with Crippen molar-refractivity contribution in [1.82, 2.24) is 9.80 Å². The largest absolute Gasteiger partial charge is 0.496 e. The fraction of sp³-hybridized carbons (Fsp3) is 0.600. The van der Waals surface area contributed by atoms with Crippen LogP contribution in [0.5, 0.6) is 11.5 Å². The first-order valence-electron chi connectivity index (χ1n) is 9.32. The van der Waals surface area contributed by atoms with E-state index in [1.165, 1.54) is 32.8 Å². The van der Waals surface area contributed by atoms with Crippen LogP contribution < -0.4 is 9.47 Å². The standard InChI is InChI=1S/C20H30ClN2O4/c1-22(16-7-5-4-6-8-16)9-10-23(2)20(25)14-27-19-12-18(26-3)15(13-24)11-17(19)21/h4,11-12,16,24H,5-10,13-14H2,1-3H3. The van der Waals surface area contributed by atoms with E-state index in [9.17, 15) is 9.90 Å². The second-order valence-corrected chi connectivity index (χ2v) is 7.34. The zero-order valence-corrected chi connectivity index (χ0v) is 17.2. The zero-order valence-electron chi connectivity index (χ0n) is 16.4. The van der Waals surface area contributed by atoms with Crippen LogP contribution in [0.15, 0.2) is 12.1 Å². The quantitative estimate of drug-likeness (QED) is 0.694. The van der Waals surface area contributed by atoms with Crippen LogP contribution in [0.4, 0.5) is 0 Å². The van der Waals surface area contributed by atoms with E-state index in [4.69, 9.17) is 21.1 Å².